The first-order chi connectivity index (χ1) is 4.95. The molecular formula is C5H7F3O3. The molecule has 11 heavy (non-hydrogen) atoms. The molecule has 0 saturated heterocycles. The molecule has 0 aliphatic rings. The molecule has 0 aliphatic heterocycles. The molecule has 0 aromatic carbocycles. The Morgan fingerprint density at radius 2 is 2.00 bits per heavy atom. The van der Waals surface area contributed by atoms with Gasteiger partial charge in [-0.05, 0) is 0 Å². The lowest BCUT2D eigenvalue weighted by atomic mass is 10.4. The zero-order valence-corrected chi connectivity index (χ0v) is 5.52. The molecule has 0 rings (SSSR count). The molecular weight excluding hydrogens is 165 g/mol. The van der Waals surface area contributed by atoms with Crippen LogP contribution in [0.3, 0.4) is 0 Å². The molecule has 0 radical (unpaired) electrons. The number of hydrogen-bond acceptors (Lipinski definition) is 3. The van der Waals surface area contributed by atoms with Crippen molar-refractivity contribution >= 4 is 5.97 Å². The average molecular weight is 172 g/mol. The fraction of sp³-hybridized carbons (Fsp3) is 0.800. The highest BCUT2D eigenvalue weighted by Gasteiger charge is 2.31. The average Bonchev–Trinajstić information content (AvgIpc) is 1.79. The van der Waals surface area contributed by atoms with Crippen LogP contribution in [-0.4, -0.2) is 30.5 Å². The monoisotopic (exact) mass is 172 g/mol. The number of carbonyl (C=O) groups is 1. The Balaban J connectivity index is 3.53. The van der Waals surface area contributed by atoms with Gasteiger partial charge in [0.25, 0.3) is 0 Å². The SMILES string of the molecule is O=C(CC(F)(F)F)OCCO. The van der Waals surface area contributed by atoms with Gasteiger partial charge in [0.1, 0.15) is 13.0 Å². The van der Waals surface area contributed by atoms with E-state index in [1.807, 2.05) is 0 Å². The van der Waals surface area contributed by atoms with E-state index in [1.165, 1.54) is 0 Å². The summed E-state index contributed by atoms with van der Waals surface area (Å²) < 4.78 is 38.1. The number of halogens is 3. The second-order valence-electron chi connectivity index (χ2n) is 1.74. The van der Waals surface area contributed by atoms with Crippen molar-refractivity contribution in [2.45, 2.75) is 12.6 Å². The molecule has 0 atom stereocenters. The van der Waals surface area contributed by atoms with E-state index < -0.39 is 31.8 Å². The number of carbonyl (C=O) groups excluding carboxylic acids is 1. The maximum absolute atomic E-state index is 11.4. The van der Waals surface area contributed by atoms with Crippen LogP contribution in [0.25, 0.3) is 0 Å². The summed E-state index contributed by atoms with van der Waals surface area (Å²) in [5, 5.41) is 8.05. The zero-order chi connectivity index (χ0) is 8.91. The van der Waals surface area contributed by atoms with Gasteiger partial charge in [0.2, 0.25) is 0 Å². The Bertz CT molecular complexity index is 131. The van der Waals surface area contributed by atoms with Gasteiger partial charge in [-0.3, -0.25) is 4.79 Å². The lowest BCUT2D eigenvalue weighted by molar-refractivity contribution is -0.171. The number of alkyl halides is 3. The summed E-state index contributed by atoms with van der Waals surface area (Å²) >= 11 is 0. The van der Waals surface area contributed by atoms with E-state index in [0.717, 1.165) is 0 Å². The van der Waals surface area contributed by atoms with Crippen molar-refractivity contribution in [2.24, 2.45) is 0 Å². The van der Waals surface area contributed by atoms with Gasteiger partial charge in [0.15, 0.2) is 0 Å². The van der Waals surface area contributed by atoms with Crippen molar-refractivity contribution in [2.75, 3.05) is 13.2 Å². The Hall–Kier alpha value is -0.780. The topological polar surface area (TPSA) is 46.5 Å². The van der Waals surface area contributed by atoms with Crippen LogP contribution in [0, 0.1) is 0 Å². The highest BCUT2D eigenvalue weighted by atomic mass is 19.4. The summed E-state index contributed by atoms with van der Waals surface area (Å²) in [5.74, 6) is -1.37. The van der Waals surface area contributed by atoms with Crippen LogP contribution in [0.2, 0.25) is 0 Å². The summed E-state index contributed by atoms with van der Waals surface area (Å²) in [6.07, 6.45) is -6.14. The number of rotatable bonds is 3. The van der Waals surface area contributed by atoms with Gasteiger partial charge >= 0.3 is 12.1 Å². The first-order valence-corrected chi connectivity index (χ1v) is 2.79. The van der Waals surface area contributed by atoms with Crippen LogP contribution in [0.15, 0.2) is 0 Å². The summed E-state index contributed by atoms with van der Waals surface area (Å²) in [7, 11) is 0. The first kappa shape index (κ1) is 10.2. The van der Waals surface area contributed by atoms with E-state index >= 15 is 0 Å². The number of ether oxygens (including phenoxy) is 1. The largest absolute Gasteiger partial charge is 0.463 e. The number of aliphatic hydroxyl groups is 1. The van der Waals surface area contributed by atoms with Crippen molar-refractivity contribution in [3.05, 3.63) is 0 Å². The Morgan fingerprint density at radius 1 is 1.45 bits per heavy atom. The van der Waals surface area contributed by atoms with E-state index in [0.29, 0.717) is 0 Å². The van der Waals surface area contributed by atoms with Crippen LogP contribution in [0.4, 0.5) is 13.2 Å². The number of aliphatic hydroxyl groups excluding tert-OH is 1. The fourth-order valence-corrected chi connectivity index (χ4v) is 0.374. The van der Waals surface area contributed by atoms with Crippen molar-refractivity contribution in [1.82, 2.24) is 0 Å². The number of esters is 1. The van der Waals surface area contributed by atoms with Crippen molar-refractivity contribution < 1.29 is 27.8 Å². The molecule has 3 nitrogen and oxygen atoms in total. The molecule has 0 fully saturated rings. The lowest BCUT2D eigenvalue weighted by Gasteiger charge is -2.05. The molecule has 0 amide bonds. The Morgan fingerprint density at radius 3 is 2.36 bits per heavy atom. The van der Waals surface area contributed by atoms with Gasteiger partial charge in [-0.25, -0.2) is 0 Å². The minimum absolute atomic E-state index is 0.394. The third-order valence-corrected chi connectivity index (χ3v) is 0.699. The van der Waals surface area contributed by atoms with Gasteiger partial charge in [-0.15, -0.1) is 0 Å². The van der Waals surface area contributed by atoms with Crippen molar-refractivity contribution in [1.29, 1.82) is 0 Å². The minimum Gasteiger partial charge on any atom is -0.463 e. The predicted molar refractivity (Wildman–Crippen MR) is 28.7 cm³/mol. The van der Waals surface area contributed by atoms with Gasteiger partial charge in [-0.1, -0.05) is 0 Å². The highest BCUT2D eigenvalue weighted by Crippen LogP contribution is 2.19. The molecule has 0 aromatic rings. The van der Waals surface area contributed by atoms with Gasteiger partial charge < -0.3 is 9.84 Å². The Kier molecular flexibility index (Phi) is 3.88. The van der Waals surface area contributed by atoms with Gasteiger partial charge in [0.05, 0.1) is 6.61 Å². The first-order valence-electron chi connectivity index (χ1n) is 2.79. The molecule has 0 aliphatic carbocycles. The van der Waals surface area contributed by atoms with Crippen LogP contribution >= 0.6 is 0 Å². The number of hydrogen-bond donors (Lipinski definition) is 1. The van der Waals surface area contributed by atoms with Crippen molar-refractivity contribution in [3.63, 3.8) is 0 Å². The lowest BCUT2D eigenvalue weighted by Crippen LogP contribution is -2.18. The second-order valence-corrected chi connectivity index (χ2v) is 1.74. The highest BCUT2D eigenvalue weighted by molar-refractivity contribution is 5.70. The van der Waals surface area contributed by atoms with E-state index in [2.05, 4.69) is 4.74 Å². The van der Waals surface area contributed by atoms with Gasteiger partial charge in [0, 0.05) is 0 Å². The summed E-state index contributed by atoms with van der Waals surface area (Å²) in [4.78, 5) is 10.2. The smallest absolute Gasteiger partial charge is 0.399 e. The third-order valence-electron chi connectivity index (χ3n) is 0.699. The van der Waals surface area contributed by atoms with E-state index in [-0.39, 0.29) is 0 Å². The Labute approximate surface area is 60.8 Å². The quantitative estimate of drug-likeness (QED) is 0.629. The minimum atomic E-state index is -4.54. The summed E-state index contributed by atoms with van der Waals surface area (Å²) in [5.41, 5.74) is 0. The van der Waals surface area contributed by atoms with Crippen LogP contribution in [0.5, 0.6) is 0 Å². The third kappa shape index (κ3) is 7.11. The fourth-order valence-electron chi connectivity index (χ4n) is 0.374. The molecule has 6 heteroatoms. The van der Waals surface area contributed by atoms with Crippen LogP contribution < -0.4 is 0 Å². The maximum atomic E-state index is 11.4. The summed E-state index contributed by atoms with van der Waals surface area (Å²) in [6.45, 7) is -0.863. The predicted octanol–water partition coefficient (Wildman–Crippen LogP) is 0.474. The molecule has 0 saturated carbocycles. The molecule has 0 aromatic heterocycles. The van der Waals surface area contributed by atoms with E-state index in [9.17, 15) is 18.0 Å². The van der Waals surface area contributed by atoms with Crippen LogP contribution in [0.1, 0.15) is 6.42 Å². The normalized spacial score (nSPS) is 11.3. The van der Waals surface area contributed by atoms with Crippen LogP contribution in [-0.2, 0) is 9.53 Å². The molecule has 0 heterocycles. The second kappa shape index (κ2) is 4.17. The molecule has 0 spiro atoms. The molecule has 1 N–H and O–H groups in total. The molecule has 0 bridgehead atoms. The zero-order valence-electron chi connectivity index (χ0n) is 5.52. The van der Waals surface area contributed by atoms with E-state index in [4.69, 9.17) is 5.11 Å². The molecule has 0 unspecified atom stereocenters. The standard InChI is InChI=1S/C5H7F3O3/c6-5(7,8)3-4(10)11-2-1-9/h9H,1-3H2. The van der Waals surface area contributed by atoms with E-state index in [1.54, 1.807) is 0 Å². The van der Waals surface area contributed by atoms with Crippen molar-refractivity contribution in [3.8, 4) is 0 Å². The van der Waals surface area contributed by atoms with Gasteiger partial charge in [-0.2, -0.15) is 13.2 Å². The molecule has 66 valence electrons. The maximum Gasteiger partial charge on any atom is 0.399 e. The summed E-state index contributed by atoms with van der Waals surface area (Å²) in [6, 6.07) is 0.